The van der Waals surface area contributed by atoms with Gasteiger partial charge in [0.2, 0.25) is 0 Å². The average Bonchev–Trinajstić information content (AvgIpc) is 2.62. The fourth-order valence-electron chi connectivity index (χ4n) is 4.01. The molecule has 0 bridgehead atoms. The molecule has 0 radical (unpaired) electrons. The van der Waals surface area contributed by atoms with Crippen LogP contribution in [-0.2, 0) is 4.74 Å². The molecular weight excluding hydrogens is 296 g/mol. The molecule has 24 heavy (non-hydrogen) atoms. The second-order valence-electron chi connectivity index (χ2n) is 6.86. The van der Waals surface area contributed by atoms with Crippen molar-refractivity contribution in [3.8, 4) is 0 Å². The molecule has 1 aliphatic heterocycles. The summed E-state index contributed by atoms with van der Waals surface area (Å²) in [6.07, 6.45) is 6.41. The molecule has 2 aromatic rings. The Balaban J connectivity index is 1.95. The van der Waals surface area contributed by atoms with Gasteiger partial charge in [0, 0.05) is 37.3 Å². The maximum atomic E-state index is 5.95. The fourth-order valence-corrected chi connectivity index (χ4v) is 4.01. The smallest absolute Gasteiger partial charge is 0.137 e. The summed E-state index contributed by atoms with van der Waals surface area (Å²) in [5.74, 6) is 1.28. The van der Waals surface area contributed by atoms with Crippen LogP contribution >= 0.6 is 0 Å². The number of likely N-dealkylation sites (tertiary alicyclic amines) is 1. The second kappa shape index (κ2) is 7.45. The van der Waals surface area contributed by atoms with E-state index >= 15 is 0 Å². The highest BCUT2D eigenvalue weighted by molar-refractivity contribution is 5.83. The third kappa shape index (κ3) is 3.24. The monoisotopic (exact) mass is 324 g/mol. The van der Waals surface area contributed by atoms with Gasteiger partial charge in [-0.2, -0.15) is 0 Å². The molecule has 2 unspecified atom stereocenters. The van der Waals surface area contributed by atoms with E-state index in [0.29, 0.717) is 5.92 Å². The van der Waals surface area contributed by atoms with Crippen LogP contribution < -0.4 is 0 Å². The third-order valence-electron chi connectivity index (χ3n) is 5.42. The number of aryl methyl sites for hydroxylation is 1. The first-order valence-corrected chi connectivity index (χ1v) is 8.92. The van der Waals surface area contributed by atoms with E-state index in [0.717, 1.165) is 24.5 Å². The van der Waals surface area contributed by atoms with Crippen LogP contribution in [0.3, 0.4) is 0 Å². The summed E-state index contributed by atoms with van der Waals surface area (Å²) in [7, 11) is 1.81. The van der Waals surface area contributed by atoms with E-state index < -0.39 is 0 Å². The van der Waals surface area contributed by atoms with Crippen LogP contribution in [0.1, 0.15) is 37.1 Å². The third-order valence-corrected chi connectivity index (χ3v) is 5.42. The summed E-state index contributed by atoms with van der Waals surface area (Å²) >= 11 is 0. The first-order valence-electron chi connectivity index (χ1n) is 8.92. The lowest BCUT2D eigenvalue weighted by Gasteiger charge is -2.40. The van der Waals surface area contributed by atoms with Gasteiger partial charge in [-0.05, 0) is 43.4 Å². The van der Waals surface area contributed by atoms with Crippen molar-refractivity contribution in [2.24, 2.45) is 11.8 Å². The molecule has 0 saturated carbocycles. The predicted octanol–water partition coefficient (Wildman–Crippen LogP) is 4.72. The topological polar surface area (TPSA) is 25.4 Å². The number of ether oxygens (including phenoxy) is 1. The summed E-state index contributed by atoms with van der Waals surface area (Å²) in [5, 5.41) is 1.19. The Morgan fingerprint density at radius 3 is 2.96 bits per heavy atom. The number of methoxy groups -OCH3 is 1. The zero-order chi connectivity index (χ0) is 17.1. The first-order chi connectivity index (χ1) is 11.7. The van der Waals surface area contributed by atoms with E-state index in [-0.39, 0.29) is 6.23 Å². The summed E-state index contributed by atoms with van der Waals surface area (Å²) in [6.45, 7) is 10.5. The highest BCUT2D eigenvalue weighted by Gasteiger charge is 2.31. The van der Waals surface area contributed by atoms with Crippen molar-refractivity contribution in [2.45, 2.75) is 32.9 Å². The van der Waals surface area contributed by atoms with E-state index in [9.17, 15) is 0 Å². The van der Waals surface area contributed by atoms with Crippen LogP contribution in [-0.4, -0.2) is 30.1 Å². The highest BCUT2D eigenvalue weighted by atomic mass is 16.5. The predicted molar refractivity (Wildman–Crippen MR) is 99.9 cm³/mol. The number of nitrogens with zero attached hydrogens (tertiary/aromatic N) is 2. The van der Waals surface area contributed by atoms with Gasteiger partial charge in [0.1, 0.15) is 6.23 Å². The molecule has 128 valence electrons. The molecule has 0 spiro atoms. The van der Waals surface area contributed by atoms with Crippen LogP contribution in [0.2, 0.25) is 0 Å². The number of benzene rings is 1. The molecule has 3 heteroatoms. The van der Waals surface area contributed by atoms with Crippen LogP contribution in [0.4, 0.5) is 0 Å². The van der Waals surface area contributed by atoms with Crippen molar-refractivity contribution in [1.29, 1.82) is 0 Å². The second-order valence-corrected chi connectivity index (χ2v) is 6.86. The minimum Gasteiger partial charge on any atom is -0.362 e. The van der Waals surface area contributed by atoms with Gasteiger partial charge in [0.05, 0.1) is 5.52 Å². The van der Waals surface area contributed by atoms with Crippen molar-refractivity contribution >= 4 is 10.9 Å². The maximum Gasteiger partial charge on any atom is 0.137 e. The minimum absolute atomic E-state index is 0.0300. The van der Waals surface area contributed by atoms with Gasteiger partial charge >= 0.3 is 0 Å². The molecule has 1 fully saturated rings. The number of piperidine rings is 1. The SMILES string of the molecule is C=C[C@H]1CN(C(OC)c2ccnc3ccc(C)cc23)CCC1CC. The van der Waals surface area contributed by atoms with Gasteiger partial charge in [-0.15, -0.1) is 6.58 Å². The number of pyridine rings is 1. The van der Waals surface area contributed by atoms with Gasteiger partial charge < -0.3 is 4.74 Å². The quantitative estimate of drug-likeness (QED) is 0.744. The van der Waals surface area contributed by atoms with Gasteiger partial charge in [-0.1, -0.05) is 31.1 Å². The van der Waals surface area contributed by atoms with Crippen LogP contribution in [0, 0.1) is 18.8 Å². The maximum absolute atomic E-state index is 5.95. The molecule has 1 saturated heterocycles. The molecule has 1 aliphatic rings. The standard InChI is InChI=1S/C21H28N2O/c1-5-16-10-12-23(14-17(16)6-2)21(24-4)18-9-11-22-20-8-7-15(3)13-19(18)20/h6-9,11,13,16-17,21H,2,5,10,12,14H2,1,3-4H3/t16?,17-,21?/m0/s1. The summed E-state index contributed by atoms with van der Waals surface area (Å²) in [4.78, 5) is 6.96. The normalized spacial score (nSPS) is 23.3. The van der Waals surface area contributed by atoms with Crippen molar-refractivity contribution < 1.29 is 4.74 Å². The number of hydrogen-bond donors (Lipinski definition) is 0. The largest absolute Gasteiger partial charge is 0.362 e. The zero-order valence-electron chi connectivity index (χ0n) is 15.0. The molecule has 3 rings (SSSR count). The Morgan fingerprint density at radius 1 is 1.42 bits per heavy atom. The number of rotatable bonds is 5. The van der Waals surface area contributed by atoms with E-state index in [1.54, 1.807) is 0 Å². The van der Waals surface area contributed by atoms with Gasteiger partial charge in [0.15, 0.2) is 0 Å². The highest BCUT2D eigenvalue weighted by Crippen LogP contribution is 2.34. The van der Waals surface area contributed by atoms with Crippen molar-refractivity contribution in [3.63, 3.8) is 0 Å². The van der Waals surface area contributed by atoms with Crippen LogP contribution in [0.15, 0.2) is 43.1 Å². The molecular formula is C21H28N2O. The molecule has 3 nitrogen and oxygen atoms in total. The lowest BCUT2D eigenvalue weighted by molar-refractivity contribution is -0.0588. The molecule has 1 aromatic heterocycles. The van der Waals surface area contributed by atoms with E-state index in [1.165, 1.54) is 29.4 Å². The Kier molecular flexibility index (Phi) is 5.32. The van der Waals surface area contributed by atoms with Crippen LogP contribution in [0.5, 0.6) is 0 Å². The average molecular weight is 324 g/mol. The lowest BCUT2D eigenvalue weighted by atomic mass is 9.83. The molecule has 2 heterocycles. The number of hydrogen-bond acceptors (Lipinski definition) is 3. The summed E-state index contributed by atoms with van der Waals surface area (Å²) in [5.41, 5.74) is 3.49. The van der Waals surface area contributed by atoms with E-state index in [4.69, 9.17) is 4.74 Å². The van der Waals surface area contributed by atoms with E-state index in [1.807, 2.05) is 13.3 Å². The Hall–Kier alpha value is -1.71. The Labute approximate surface area is 145 Å². The summed E-state index contributed by atoms with van der Waals surface area (Å²) < 4.78 is 5.95. The minimum atomic E-state index is -0.0300. The van der Waals surface area contributed by atoms with Gasteiger partial charge in [-0.25, -0.2) is 0 Å². The Bertz CT molecular complexity index is 712. The van der Waals surface area contributed by atoms with Crippen molar-refractivity contribution in [2.75, 3.05) is 20.2 Å². The van der Waals surface area contributed by atoms with Gasteiger partial charge in [0.25, 0.3) is 0 Å². The van der Waals surface area contributed by atoms with Crippen molar-refractivity contribution in [1.82, 2.24) is 9.88 Å². The summed E-state index contributed by atoms with van der Waals surface area (Å²) in [6, 6.07) is 8.52. The first kappa shape index (κ1) is 17.1. The molecule has 0 aliphatic carbocycles. The molecule has 0 amide bonds. The lowest BCUT2D eigenvalue weighted by Crippen LogP contribution is -2.42. The van der Waals surface area contributed by atoms with E-state index in [2.05, 4.69) is 60.7 Å². The fraction of sp³-hybridized carbons (Fsp3) is 0.476. The number of fused-ring (bicyclic) bond motifs is 1. The van der Waals surface area contributed by atoms with Gasteiger partial charge in [-0.3, -0.25) is 9.88 Å². The van der Waals surface area contributed by atoms with Crippen molar-refractivity contribution in [3.05, 3.63) is 54.2 Å². The zero-order valence-corrected chi connectivity index (χ0v) is 15.0. The molecule has 1 aromatic carbocycles. The Morgan fingerprint density at radius 2 is 2.25 bits per heavy atom. The number of aromatic nitrogens is 1. The molecule has 3 atom stereocenters. The van der Waals surface area contributed by atoms with Crippen LogP contribution in [0.25, 0.3) is 10.9 Å². The molecule has 0 N–H and O–H groups in total.